The number of ether oxygens (including phenoxy) is 3. The maximum Gasteiger partial charge on any atom is 0.329 e. The van der Waals surface area contributed by atoms with Crippen molar-refractivity contribution in [2.24, 2.45) is 0 Å². The van der Waals surface area contributed by atoms with Crippen molar-refractivity contribution in [3.8, 4) is 11.5 Å². The molecule has 2 aromatic rings. The van der Waals surface area contributed by atoms with Crippen LogP contribution >= 0.6 is 34.4 Å². The lowest BCUT2D eigenvalue weighted by Gasteiger charge is -2.19. The van der Waals surface area contributed by atoms with Crippen molar-refractivity contribution in [3.05, 3.63) is 56.3 Å². The summed E-state index contributed by atoms with van der Waals surface area (Å²) in [5, 5.41) is 2.03. The summed E-state index contributed by atoms with van der Waals surface area (Å²) < 4.78 is 29.6. The predicted octanol–water partition coefficient (Wildman–Crippen LogP) is 4.44. The number of imide groups is 1. The van der Waals surface area contributed by atoms with Gasteiger partial charge in [0.2, 0.25) is 0 Å². The molecule has 1 saturated heterocycles. The minimum Gasteiger partial charge on any atom is -0.493 e. The number of rotatable bonds is 9. The molecule has 1 aliphatic rings. The Morgan fingerprint density at radius 2 is 1.92 bits per heavy atom. The highest BCUT2D eigenvalue weighted by Crippen LogP contribution is 2.38. The first-order chi connectivity index (χ1) is 17.1. The zero-order valence-corrected chi connectivity index (χ0v) is 22.5. The third-order valence-electron chi connectivity index (χ3n) is 4.86. The van der Waals surface area contributed by atoms with E-state index in [2.05, 4.69) is 5.32 Å². The van der Waals surface area contributed by atoms with E-state index in [0.717, 1.165) is 16.7 Å². The summed E-state index contributed by atoms with van der Waals surface area (Å²) in [5.41, 5.74) is 0.974. The van der Waals surface area contributed by atoms with E-state index in [0.29, 0.717) is 26.3 Å². The predicted molar refractivity (Wildman–Crippen MR) is 140 cm³/mol. The van der Waals surface area contributed by atoms with Crippen molar-refractivity contribution < 1.29 is 37.8 Å². The fourth-order valence-corrected chi connectivity index (χ4v) is 4.85. The number of amides is 3. The molecular formula is C24H22FIN2O7S. The van der Waals surface area contributed by atoms with E-state index in [4.69, 9.17) is 14.2 Å². The van der Waals surface area contributed by atoms with Crippen LogP contribution < -0.4 is 14.8 Å². The fourth-order valence-electron chi connectivity index (χ4n) is 3.16. The van der Waals surface area contributed by atoms with Gasteiger partial charge in [-0.1, -0.05) is 0 Å². The molecule has 1 atom stereocenters. The summed E-state index contributed by atoms with van der Waals surface area (Å²) >= 11 is 2.72. The molecule has 0 saturated carbocycles. The summed E-state index contributed by atoms with van der Waals surface area (Å²) in [4.78, 5) is 50.4. The topological polar surface area (TPSA) is 111 Å². The van der Waals surface area contributed by atoms with Crippen LogP contribution in [0.1, 0.15) is 19.4 Å². The number of halogens is 2. The van der Waals surface area contributed by atoms with Gasteiger partial charge in [0.1, 0.15) is 11.9 Å². The molecule has 12 heteroatoms. The summed E-state index contributed by atoms with van der Waals surface area (Å²) in [6, 6.07) is 7.57. The van der Waals surface area contributed by atoms with Crippen LogP contribution in [0.2, 0.25) is 0 Å². The highest BCUT2D eigenvalue weighted by molar-refractivity contribution is 14.1. The van der Waals surface area contributed by atoms with E-state index in [1.807, 2.05) is 22.6 Å². The molecule has 1 aliphatic heterocycles. The van der Waals surface area contributed by atoms with Gasteiger partial charge >= 0.3 is 5.97 Å². The van der Waals surface area contributed by atoms with Crippen molar-refractivity contribution >= 4 is 69.1 Å². The molecule has 0 aliphatic carbocycles. The van der Waals surface area contributed by atoms with E-state index in [1.54, 1.807) is 19.1 Å². The van der Waals surface area contributed by atoms with Crippen LogP contribution in [0.15, 0.2) is 41.3 Å². The SMILES string of the molecule is CCOC(=O)[C@@H](C)N1C(=O)S/C(=C/c2cc(I)c(OCC(=O)Nc3ccc(F)cc3)c(OC)c2)C1=O. The second-order valence-electron chi connectivity index (χ2n) is 7.36. The maximum atomic E-state index is 13.0. The van der Waals surface area contributed by atoms with Gasteiger partial charge in [0.05, 0.1) is 22.2 Å². The Bertz CT molecular complexity index is 1220. The van der Waals surface area contributed by atoms with Crippen molar-refractivity contribution in [1.29, 1.82) is 0 Å². The van der Waals surface area contributed by atoms with E-state index in [1.165, 1.54) is 44.4 Å². The minimum absolute atomic E-state index is 0.135. The zero-order chi connectivity index (χ0) is 26.4. The number of methoxy groups -OCH3 is 1. The van der Waals surface area contributed by atoms with Gasteiger partial charge in [-0.15, -0.1) is 0 Å². The number of carbonyl (C=O) groups is 4. The number of carbonyl (C=O) groups excluding carboxylic acids is 4. The average Bonchev–Trinajstić information content (AvgIpc) is 3.11. The fraction of sp³-hybridized carbons (Fsp3) is 0.250. The molecule has 0 spiro atoms. The minimum atomic E-state index is -1.05. The summed E-state index contributed by atoms with van der Waals surface area (Å²) in [6.07, 6.45) is 1.51. The van der Waals surface area contributed by atoms with Crippen LogP contribution in [0.25, 0.3) is 6.08 Å². The third kappa shape index (κ3) is 6.55. The van der Waals surface area contributed by atoms with Crippen LogP contribution in [0.3, 0.4) is 0 Å². The molecule has 1 N–H and O–H groups in total. The zero-order valence-electron chi connectivity index (χ0n) is 19.5. The molecule has 0 radical (unpaired) electrons. The quantitative estimate of drug-likeness (QED) is 0.247. The van der Waals surface area contributed by atoms with Crippen LogP contribution in [0.4, 0.5) is 14.9 Å². The largest absolute Gasteiger partial charge is 0.493 e. The van der Waals surface area contributed by atoms with Gasteiger partial charge in [0, 0.05) is 5.69 Å². The lowest BCUT2D eigenvalue weighted by molar-refractivity contribution is -0.150. The normalized spacial score (nSPS) is 15.1. The molecule has 2 aromatic carbocycles. The van der Waals surface area contributed by atoms with Crippen molar-refractivity contribution in [1.82, 2.24) is 4.90 Å². The van der Waals surface area contributed by atoms with Crippen LogP contribution in [0, 0.1) is 9.39 Å². The average molecular weight is 628 g/mol. The van der Waals surface area contributed by atoms with Gasteiger partial charge in [-0.25, -0.2) is 9.18 Å². The molecule has 0 bridgehead atoms. The molecule has 1 fully saturated rings. The van der Waals surface area contributed by atoms with Crippen LogP contribution in [-0.2, 0) is 19.1 Å². The lowest BCUT2D eigenvalue weighted by Crippen LogP contribution is -2.42. The molecule has 9 nitrogen and oxygen atoms in total. The first-order valence-electron chi connectivity index (χ1n) is 10.6. The third-order valence-corrected chi connectivity index (χ3v) is 6.55. The monoisotopic (exact) mass is 628 g/mol. The van der Waals surface area contributed by atoms with E-state index in [9.17, 15) is 23.6 Å². The molecule has 36 heavy (non-hydrogen) atoms. The maximum absolute atomic E-state index is 13.0. The molecular weight excluding hydrogens is 606 g/mol. The highest BCUT2D eigenvalue weighted by atomic mass is 127. The van der Waals surface area contributed by atoms with E-state index >= 15 is 0 Å². The number of hydrogen-bond acceptors (Lipinski definition) is 8. The number of nitrogens with zero attached hydrogens (tertiary/aromatic N) is 1. The van der Waals surface area contributed by atoms with E-state index < -0.39 is 34.9 Å². The second-order valence-corrected chi connectivity index (χ2v) is 9.51. The molecule has 0 unspecified atom stereocenters. The van der Waals surface area contributed by atoms with Gasteiger partial charge in [-0.05, 0) is 96.2 Å². The molecule has 190 valence electrons. The Kier molecular flexibility index (Phi) is 9.31. The van der Waals surface area contributed by atoms with Gasteiger partial charge in [0.15, 0.2) is 18.1 Å². The Hall–Kier alpha value is -3.13. The van der Waals surface area contributed by atoms with Gasteiger partial charge in [0.25, 0.3) is 17.1 Å². The number of benzene rings is 2. The Balaban J connectivity index is 1.74. The number of nitrogens with one attached hydrogen (secondary N) is 1. The molecule has 0 aromatic heterocycles. The van der Waals surface area contributed by atoms with Crippen LogP contribution in [0.5, 0.6) is 11.5 Å². The number of anilines is 1. The Labute approximate surface area is 224 Å². The van der Waals surface area contributed by atoms with Crippen molar-refractivity contribution in [2.45, 2.75) is 19.9 Å². The van der Waals surface area contributed by atoms with Crippen LogP contribution in [-0.4, -0.2) is 54.3 Å². The van der Waals surface area contributed by atoms with Gasteiger partial charge in [-0.2, -0.15) is 0 Å². The number of hydrogen-bond donors (Lipinski definition) is 1. The first kappa shape index (κ1) is 27.5. The summed E-state index contributed by atoms with van der Waals surface area (Å²) in [5.74, 6) is -1.51. The summed E-state index contributed by atoms with van der Waals surface area (Å²) in [7, 11) is 1.43. The highest BCUT2D eigenvalue weighted by Gasteiger charge is 2.41. The molecule has 3 amide bonds. The van der Waals surface area contributed by atoms with Crippen molar-refractivity contribution in [2.75, 3.05) is 25.6 Å². The first-order valence-corrected chi connectivity index (χ1v) is 12.5. The standard InChI is InChI=1S/C24H22FIN2O7S/c1-4-34-23(31)13(2)28-22(30)19(36-24(28)32)11-14-9-17(26)21(18(10-14)33-3)35-12-20(29)27-16-7-5-15(25)6-8-16/h5-11,13H,4,12H2,1-3H3,(H,27,29)/b19-11+/t13-/m1/s1. The second kappa shape index (κ2) is 12.2. The Morgan fingerprint density at radius 1 is 1.22 bits per heavy atom. The van der Waals surface area contributed by atoms with Gasteiger partial charge in [-0.3, -0.25) is 19.3 Å². The van der Waals surface area contributed by atoms with Gasteiger partial charge < -0.3 is 19.5 Å². The Morgan fingerprint density at radius 3 is 2.56 bits per heavy atom. The summed E-state index contributed by atoms with van der Waals surface area (Å²) in [6.45, 7) is 2.88. The smallest absolute Gasteiger partial charge is 0.329 e. The lowest BCUT2D eigenvalue weighted by atomic mass is 10.1. The number of thioether (sulfide) groups is 1. The molecule has 3 rings (SSSR count). The number of esters is 1. The van der Waals surface area contributed by atoms with Crippen molar-refractivity contribution in [3.63, 3.8) is 0 Å². The van der Waals surface area contributed by atoms with E-state index in [-0.39, 0.29) is 18.1 Å². The molecule has 1 heterocycles.